The van der Waals surface area contributed by atoms with Gasteiger partial charge >= 0.3 is 5.92 Å². The van der Waals surface area contributed by atoms with Gasteiger partial charge in [-0.15, -0.1) is 0 Å². The van der Waals surface area contributed by atoms with Crippen molar-refractivity contribution in [2.24, 2.45) is 0 Å². The first-order chi connectivity index (χ1) is 4.08. The monoisotopic (exact) mass is 134 g/mol. The van der Waals surface area contributed by atoms with Crippen molar-refractivity contribution in [1.82, 2.24) is 0 Å². The largest absolute Gasteiger partial charge is 0.303 e. The molecule has 1 rings (SSSR count). The van der Waals surface area contributed by atoms with Crippen LogP contribution in [0.3, 0.4) is 0 Å². The van der Waals surface area contributed by atoms with Gasteiger partial charge in [0.05, 0.1) is 0 Å². The van der Waals surface area contributed by atoms with Crippen molar-refractivity contribution in [3.05, 3.63) is 24.1 Å². The van der Waals surface area contributed by atoms with Crippen molar-refractivity contribution in [2.75, 3.05) is 0 Å². The molecule has 0 aromatic rings. The average Bonchev–Trinajstić information content (AvgIpc) is 1.82. The minimum atomic E-state index is -3.20. The third kappa shape index (κ3) is 0.763. The molecule has 0 spiro atoms. The van der Waals surface area contributed by atoms with Gasteiger partial charge in [0.25, 0.3) is 0 Å². The fourth-order valence-electron chi connectivity index (χ4n) is 0.684. The summed E-state index contributed by atoms with van der Waals surface area (Å²) in [7, 11) is 0. The summed E-state index contributed by atoms with van der Waals surface area (Å²) >= 11 is 0. The predicted octanol–water partition coefficient (Wildman–Crippen LogP) is 2.44. The maximum absolute atomic E-state index is 12.0. The number of alkyl halides is 2. The summed E-state index contributed by atoms with van der Waals surface area (Å²) in [6.07, 6.45) is 0.620. The molecule has 0 amide bonds. The number of allylic oxidation sites excluding steroid dienone is 3. The van der Waals surface area contributed by atoms with Crippen LogP contribution in [0.1, 0.15) is 6.42 Å². The Morgan fingerprint density at radius 3 is 2.22 bits per heavy atom. The maximum Gasteiger partial charge on any atom is 0.303 e. The Morgan fingerprint density at radius 2 is 2.11 bits per heavy atom. The lowest BCUT2D eigenvalue weighted by molar-refractivity contribution is -0.00709. The highest BCUT2D eigenvalue weighted by atomic mass is 19.3. The first-order valence-electron chi connectivity index (χ1n) is 2.47. The molecule has 9 heavy (non-hydrogen) atoms. The van der Waals surface area contributed by atoms with Crippen LogP contribution >= 0.6 is 0 Å². The molecule has 0 aromatic carbocycles. The van der Waals surface area contributed by atoms with E-state index in [1.165, 1.54) is 0 Å². The summed E-state index contributed by atoms with van der Waals surface area (Å²) in [6.45, 7) is 3.17. The van der Waals surface area contributed by atoms with Crippen LogP contribution in [-0.2, 0) is 0 Å². The van der Waals surface area contributed by atoms with Gasteiger partial charge < -0.3 is 0 Å². The van der Waals surface area contributed by atoms with Crippen molar-refractivity contribution in [1.29, 1.82) is 0 Å². The summed E-state index contributed by atoms with van der Waals surface area (Å²) in [4.78, 5) is 0. The van der Waals surface area contributed by atoms with Crippen molar-refractivity contribution in [2.45, 2.75) is 12.3 Å². The van der Waals surface area contributed by atoms with E-state index in [0.29, 0.717) is 0 Å². The maximum atomic E-state index is 12.0. The van der Waals surface area contributed by atoms with Crippen molar-refractivity contribution in [3.8, 4) is 0 Å². The molecule has 0 N–H and O–H groups in total. The van der Waals surface area contributed by atoms with Crippen molar-refractivity contribution < 1.29 is 13.2 Å². The molecule has 0 aromatic heterocycles. The van der Waals surface area contributed by atoms with E-state index in [1.54, 1.807) is 0 Å². The fourth-order valence-corrected chi connectivity index (χ4v) is 0.684. The van der Waals surface area contributed by atoms with Crippen LogP contribution in [-0.4, -0.2) is 5.92 Å². The van der Waals surface area contributed by atoms with Gasteiger partial charge in [-0.25, -0.2) is 4.39 Å². The Balaban J connectivity index is 2.84. The molecule has 0 unspecified atom stereocenters. The molecular formula is C6H5F3. The lowest BCUT2D eigenvalue weighted by atomic mass is 9.93. The van der Waals surface area contributed by atoms with E-state index < -0.39 is 18.2 Å². The molecule has 1 aliphatic carbocycles. The summed E-state index contributed by atoms with van der Waals surface area (Å²) in [5.74, 6) is -4.53. The van der Waals surface area contributed by atoms with E-state index in [4.69, 9.17) is 0 Å². The summed E-state index contributed by atoms with van der Waals surface area (Å²) in [5, 5.41) is 0. The van der Waals surface area contributed by atoms with Gasteiger partial charge in [-0.05, 0) is 5.57 Å². The van der Waals surface area contributed by atoms with E-state index in [-0.39, 0.29) is 5.57 Å². The molecule has 0 heterocycles. The van der Waals surface area contributed by atoms with Crippen LogP contribution in [0.5, 0.6) is 0 Å². The number of hydrogen-bond donors (Lipinski definition) is 0. The molecule has 0 saturated carbocycles. The van der Waals surface area contributed by atoms with Gasteiger partial charge in [0.2, 0.25) is 0 Å². The second-order valence-electron chi connectivity index (χ2n) is 1.92. The van der Waals surface area contributed by atoms with Gasteiger partial charge in [-0.2, -0.15) is 8.78 Å². The molecule has 0 saturated heterocycles. The second-order valence-corrected chi connectivity index (χ2v) is 1.92. The fraction of sp³-hybridized carbons (Fsp3) is 0.333. The topological polar surface area (TPSA) is 0 Å². The molecule has 0 aliphatic heterocycles. The summed E-state index contributed by atoms with van der Waals surface area (Å²) in [5.41, 5.74) is 0.0278. The molecule has 0 fully saturated rings. The lowest BCUT2D eigenvalue weighted by Crippen LogP contribution is -2.27. The third-order valence-electron chi connectivity index (χ3n) is 1.26. The molecule has 0 nitrogen and oxygen atoms in total. The SMILES string of the molecule is C=CC1=C(F)C(F)(F)C1. The van der Waals surface area contributed by atoms with E-state index in [2.05, 4.69) is 6.58 Å². The van der Waals surface area contributed by atoms with E-state index >= 15 is 0 Å². The van der Waals surface area contributed by atoms with Crippen molar-refractivity contribution in [3.63, 3.8) is 0 Å². The molecule has 3 heteroatoms. The van der Waals surface area contributed by atoms with Gasteiger partial charge in [0.15, 0.2) is 5.83 Å². The zero-order chi connectivity index (χ0) is 7.07. The number of halogens is 3. The van der Waals surface area contributed by atoms with Gasteiger partial charge in [0.1, 0.15) is 0 Å². The lowest BCUT2D eigenvalue weighted by Gasteiger charge is -2.25. The van der Waals surface area contributed by atoms with Gasteiger partial charge in [-0.3, -0.25) is 0 Å². The smallest absolute Gasteiger partial charge is 0.205 e. The highest BCUT2D eigenvalue weighted by Crippen LogP contribution is 2.44. The summed E-state index contributed by atoms with van der Waals surface area (Å²) in [6, 6.07) is 0. The molecular weight excluding hydrogens is 129 g/mol. The van der Waals surface area contributed by atoms with E-state index in [1.807, 2.05) is 0 Å². The minimum Gasteiger partial charge on any atom is -0.205 e. The first-order valence-corrected chi connectivity index (χ1v) is 2.47. The molecule has 0 radical (unpaired) electrons. The second kappa shape index (κ2) is 1.62. The highest BCUT2D eigenvalue weighted by molar-refractivity contribution is 5.35. The molecule has 0 bridgehead atoms. The predicted molar refractivity (Wildman–Crippen MR) is 27.9 cm³/mol. The standard InChI is InChI=1S/C6H5F3/c1-2-4-3-6(8,9)5(4)7/h2H,1,3H2. The average molecular weight is 134 g/mol. The number of rotatable bonds is 1. The zero-order valence-corrected chi connectivity index (χ0v) is 4.63. The van der Waals surface area contributed by atoms with Crippen LogP contribution in [0, 0.1) is 0 Å². The first kappa shape index (κ1) is 6.39. The Kier molecular flexibility index (Phi) is 1.15. The van der Waals surface area contributed by atoms with Gasteiger partial charge in [0, 0.05) is 6.42 Å². The Labute approximate surface area is 50.7 Å². The van der Waals surface area contributed by atoms with Crippen LogP contribution in [0.2, 0.25) is 0 Å². The van der Waals surface area contributed by atoms with Crippen LogP contribution < -0.4 is 0 Å². The van der Waals surface area contributed by atoms with Crippen LogP contribution in [0.25, 0.3) is 0 Å². The summed E-state index contributed by atoms with van der Waals surface area (Å²) < 4.78 is 35.8. The van der Waals surface area contributed by atoms with E-state index in [9.17, 15) is 13.2 Å². The van der Waals surface area contributed by atoms with Crippen LogP contribution in [0.15, 0.2) is 24.1 Å². The zero-order valence-electron chi connectivity index (χ0n) is 4.63. The Hall–Kier alpha value is -0.730. The molecule has 50 valence electrons. The number of hydrogen-bond acceptors (Lipinski definition) is 0. The Morgan fingerprint density at radius 1 is 1.56 bits per heavy atom. The minimum absolute atomic E-state index is 0.0278. The molecule has 1 aliphatic rings. The Bertz CT molecular complexity index is 179. The van der Waals surface area contributed by atoms with E-state index in [0.717, 1.165) is 6.08 Å². The molecule has 0 atom stereocenters. The third-order valence-corrected chi connectivity index (χ3v) is 1.26. The normalized spacial score (nSPS) is 23.4. The van der Waals surface area contributed by atoms with Crippen LogP contribution in [0.4, 0.5) is 13.2 Å². The van der Waals surface area contributed by atoms with Gasteiger partial charge in [-0.1, -0.05) is 12.7 Å². The quantitative estimate of drug-likeness (QED) is 0.516. The highest BCUT2D eigenvalue weighted by Gasteiger charge is 2.46. The van der Waals surface area contributed by atoms with Crippen molar-refractivity contribution >= 4 is 0 Å².